The molecule has 230 valence electrons. The van der Waals surface area contributed by atoms with E-state index in [1.54, 1.807) is 0 Å². The van der Waals surface area contributed by atoms with Gasteiger partial charge in [0.25, 0.3) is 0 Å². The summed E-state index contributed by atoms with van der Waals surface area (Å²) in [6.45, 7) is 7.84. The molecule has 1 aromatic heterocycles. The highest BCUT2D eigenvalue weighted by Crippen LogP contribution is 2.13. The zero-order valence-electron chi connectivity index (χ0n) is 25.9. The summed E-state index contributed by atoms with van der Waals surface area (Å²) in [5.74, 6) is -0.235. The van der Waals surface area contributed by atoms with Gasteiger partial charge in [-0.25, -0.2) is 13.9 Å². The Hall–Kier alpha value is -2.31. The lowest BCUT2D eigenvalue weighted by atomic mass is 10.0. The average molecular weight is 563 g/mol. The largest absolute Gasteiger partial charge is 0.461 e. The molecule has 7 heteroatoms. The van der Waals surface area contributed by atoms with Gasteiger partial charge >= 0.3 is 12.1 Å². The number of rotatable bonds is 27. The Morgan fingerprint density at radius 2 is 1.27 bits per heavy atom. The van der Waals surface area contributed by atoms with E-state index in [2.05, 4.69) is 23.4 Å². The van der Waals surface area contributed by atoms with Gasteiger partial charge in [0.2, 0.25) is 6.33 Å². The highest BCUT2D eigenvalue weighted by Gasteiger charge is 2.07. The van der Waals surface area contributed by atoms with E-state index in [0.29, 0.717) is 18.5 Å². The zero-order chi connectivity index (χ0) is 29.1. The molecule has 0 atom stereocenters. The van der Waals surface area contributed by atoms with Crippen molar-refractivity contribution in [1.82, 2.24) is 9.88 Å². The van der Waals surface area contributed by atoms with Crippen molar-refractivity contribution >= 4 is 12.1 Å². The van der Waals surface area contributed by atoms with Gasteiger partial charge in [-0.05, 0) is 31.3 Å². The molecule has 0 saturated carbocycles. The Morgan fingerprint density at radius 3 is 1.82 bits per heavy atom. The van der Waals surface area contributed by atoms with Gasteiger partial charge in [-0.2, -0.15) is 0 Å². The van der Waals surface area contributed by atoms with Crippen molar-refractivity contribution in [2.45, 2.75) is 142 Å². The van der Waals surface area contributed by atoms with Crippen molar-refractivity contribution in [2.75, 3.05) is 19.8 Å². The highest BCUT2D eigenvalue weighted by molar-refractivity contribution is 5.69. The third-order valence-electron chi connectivity index (χ3n) is 7.27. The number of imidazole rings is 1. The summed E-state index contributed by atoms with van der Waals surface area (Å²) in [4.78, 5) is 23.8. The Balaban J connectivity index is 1.82. The number of nitrogens with zero attached hydrogens (tertiary/aromatic N) is 2. The Labute approximate surface area is 245 Å². The van der Waals surface area contributed by atoms with Gasteiger partial charge in [0.15, 0.2) is 0 Å². The molecule has 7 nitrogen and oxygen atoms in total. The maximum atomic E-state index is 11.9. The Morgan fingerprint density at radius 1 is 0.750 bits per heavy atom. The van der Waals surface area contributed by atoms with Crippen molar-refractivity contribution in [1.29, 1.82) is 0 Å². The Kier molecular flexibility index (Phi) is 22.9. The van der Waals surface area contributed by atoms with Crippen LogP contribution < -0.4 is 9.88 Å². The van der Waals surface area contributed by atoms with E-state index in [1.807, 2.05) is 30.3 Å². The first kappa shape index (κ1) is 35.7. The molecule has 0 spiro atoms. The van der Waals surface area contributed by atoms with E-state index >= 15 is 0 Å². The molecule has 0 unspecified atom stereocenters. The van der Waals surface area contributed by atoms with Gasteiger partial charge in [0.05, 0.1) is 13.6 Å². The van der Waals surface area contributed by atoms with Gasteiger partial charge < -0.3 is 14.8 Å². The highest BCUT2D eigenvalue weighted by atomic mass is 16.6. The number of aromatic nitrogens is 2. The van der Waals surface area contributed by atoms with Crippen LogP contribution in [0.15, 0.2) is 30.9 Å². The molecular weight excluding hydrogens is 502 g/mol. The number of hydrogen-bond donors (Lipinski definition) is 1. The van der Waals surface area contributed by atoms with Gasteiger partial charge in [0, 0.05) is 13.0 Å². The number of hydrogen-bond acceptors (Lipinski definition) is 4. The lowest BCUT2D eigenvalue weighted by molar-refractivity contribution is -0.671. The minimum atomic E-state index is -0.440. The fourth-order valence-corrected chi connectivity index (χ4v) is 4.75. The fraction of sp³-hybridized carbons (Fsp3) is 0.788. The minimum absolute atomic E-state index is 0.0619. The standard InChI is InChI=1S/C33H59N3O4/c1-4-5-6-7-8-9-10-11-12-13-14-15-16-17-18-21-24-34-33(38)40-29-31(2)28-39-32(37)23-20-19-22-25-36-27-26-35(3)30-36/h26-27,30H,2,4-25,28-29H2,1,3H3/p+1. The van der Waals surface area contributed by atoms with Crippen LogP contribution in [-0.2, 0) is 27.9 Å². The molecule has 0 saturated heterocycles. The third kappa shape index (κ3) is 22.5. The summed E-state index contributed by atoms with van der Waals surface area (Å²) < 4.78 is 14.6. The van der Waals surface area contributed by atoms with Crippen LogP contribution in [0, 0.1) is 0 Å². The number of aryl methyl sites for hydroxylation is 2. The molecule has 40 heavy (non-hydrogen) atoms. The van der Waals surface area contributed by atoms with E-state index in [9.17, 15) is 9.59 Å². The first-order chi connectivity index (χ1) is 19.5. The number of nitrogens with one attached hydrogen (secondary N) is 1. The molecule has 1 amide bonds. The second kappa shape index (κ2) is 25.6. The summed E-state index contributed by atoms with van der Waals surface area (Å²) in [6, 6.07) is 0. The predicted octanol–water partition coefficient (Wildman–Crippen LogP) is 7.96. The zero-order valence-corrected chi connectivity index (χ0v) is 25.9. The second-order valence-electron chi connectivity index (χ2n) is 11.3. The molecule has 1 heterocycles. The molecular formula is C33H60N3O4+. The molecule has 0 aliphatic carbocycles. The predicted molar refractivity (Wildman–Crippen MR) is 163 cm³/mol. The van der Waals surface area contributed by atoms with Crippen LogP contribution in [0.2, 0.25) is 0 Å². The number of carbonyl (C=O) groups is 2. The molecule has 1 rings (SSSR count). The van der Waals surface area contributed by atoms with Crippen LogP contribution in [0.5, 0.6) is 0 Å². The Bertz CT molecular complexity index is 778. The average Bonchev–Trinajstić information content (AvgIpc) is 3.36. The van der Waals surface area contributed by atoms with Crippen molar-refractivity contribution in [3.63, 3.8) is 0 Å². The number of esters is 1. The molecule has 0 fully saturated rings. The smallest absolute Gasteiger partial charge is 0.407 e. The van der Waals surface area contributed by atoms with Crippen molar-refractivity contribution < 1.29 is 23.6 Å². The normalized spacial score (nSPS) is 10.9. The molecule has 0 radical (unpaired) electrons. The first-order valence-corrected chi connectivity index (χ1v) is 16.2. The van der Waals surface area contributed by atoms with Crippen LogP contribution in [-0.4, -0.2) is 36.4 Å². The lowest BCUT2D eigenvalue weighted by Gasteiger charge is -2.10. The summed E-state index contributed by atoms with van der Waals surface area (Å²) >= 11 is 0. The van der Waals surface area contributed by atoms with E-state index < -0.39 is 6.09 Å². The van der Waals surface area contributed by atoms with Crippen LogP contribution >= 0.6 is 0 Å². The van der Waals surface area contributed by atoms with Gasteiger partial charge in [-0.15, -0.1) is 0 Å². The fourth-order valence-electron chi connectivity index (χ4n) is 4.75. The van der Waals surface area contributed by atoms with Crippen LogP contribution in [0.1, 0.15) is 135 Å². The van der Waals surface area contributed by atoms with Crippen molar-refractivity contribution in [3.8, 4) is 0 Å². The van der Waals surface area contributed by atoms with Gasteiger partial charge in [-0.1, -0.05) is 110 Å². The first-order valence-electron chi connectivity index (χ1n) is 16.2. The van der Waals surface area contributed by atoms with Gasteiger partial charge in [-0.3, -0.25) is 4.79 Å². The maximum Gasteiger partial charge on any atom is 0.407 e. The van der Waals surface area contributed by atoms with Crippen LogP contribution in [0.25, 0.3) is 0 Å². The van der Waals surface area contributed by atoms with Crippen molar-refractivity contribution in [2.24, 2.45) is 7.05 Å². The number of unbranched alkanes of at least 4 members (excludes halogenated alkanes) is 17. The van der Waals surface area contributed by atoms with E-state index in [4.69, 9.17) is 9.47 Å². The molecule has 1 N–H and O–H groups in total. The number of amides is 1. The minimum Gasteiger partial charge on any atom is -0.461 e. The number of alkyl carbamates (subject to hydrolysis) is 1. The SMILES string of the molecule is C=C(COC(=O)CCCCCn1cc[n+](C)c1)COC(=O)NCCCCCCCCCCCCCCCCCC. The summed E-state index contributed by atoms with van der Waals surface area (Å²) in [5.41, 5.74) is 0.575. The summed E-state index contributed by atoms with van der Waals surface area (Å²) in [5, 5.41) is 2.79. The van der Waals surface area contributed by atoms with E-state index in [-0.39, 0.29) is 19.2 Å². The lowest BCUT2D eigenvalue weighted by Crippen LogP contribution is -2.26. The molecule has 0 aromatic carbocycles. The molecule has 0 bridgehead atoms. The molecule has 0 aliphatic rings. The number of ether oxygens (including phenoxy) is 2. The quantitative estimate of drug-likeness (QED) is 0.0511. The third-order valence-corrected chi connectivity index (χ3v) is 7.27. The number of carbonyl (C=O) groups excluding carboxylic acids is 2. The monoisotopic (exact) mass is 562 g/mol. The van der Waals surface area contributed by atoms with E-state index in [0.717, 1.165) is 38.6 Å². The topological polar surface area (TPSA) is 73.4 Å². The molecule has 0 aliphatic heterocycles. The molecule has 1 aromatic rings. The maximum absolute atomic E-state index is 11.9. The van der Waals surface area contributed by atoms with E-state index in [1.165, 1.54) is 89.9 Å². The second-order valence-corrected chi connectivity index (χ2v) is 11.3. The summed E-state index contributed by atoms with van der Waals surface area (Å²) in [6.07, 6.45) is 30.2. The summed E-state index contributed by atoms with van der Waals surface area (Å²) in [7, 11) is 2.00. The van der Waals surface area contributed by atoms with Crippen molar-refractivity contribution in [3.05, 3.63) is 30.9 Å². The van der Waals surface area contributed by atoms with Gasteiger partial charge in [0.1, 0.15) is 25.6 Å². The van der Waals surface area contributed by atoms with Crippen LogP contribution in [0.3, 0.4) is 0 Å². The van der Waals surface area contributed by atoms with Crippen LogP contribution in [0.4, 0.5) is 4.79 Å².